The molecule has 4 atom stereocenters. The molecular formula is C34H31F4N5O7S. The third kappa shape index (κ3) is 6.89. The summed E-state index contributed by atoms with van der Waals surface area (Å²) in [6.07, 6.45) is -7.40. The van der Waals surface area contributed by atoms with Crippen molar-refractivity contribution < 1.29 is 49.2 Å². The Balaban J connectivity index is 1.49. The lowest BCUT2D eigenvalue weighted by molar-refractivity contribution is -0.155. The monoisotopic (exact) mass is 729 g/mol. The largest absolute Gasteiger partial charge is 0.523 e. The van der Waals surface area contributed by atoms with Gasteiger partial charge in [-0.25, -0.2) is 4.98 Å². The van der Waals surface area contributed by atoms with E-state index in [9.17, 15) is 30.8 Å². The van der Waals surface area contributed by atoms with E-state index in [1.165, 1.54) is 4.90 Å². The number of nitrogens with zero attached hydrogens (tertiary/aromatic N) is 5. The number of esters is 1. The fraction of sp³-hybridized carbons (Fsp3) is 0.294. The number of hydrogen-bond donors (Lipinski definition) is 0. The van der Waals surface area contributed by atoms with Crippen LogP contribution in [0.15, 0.2) is 97.3 Å². The zero-order valence-corrected chi connectivity index (χ0v) is 28.1. The van der Waals surface area contributed by atoms with E-state index in [2.05, 4.69) is 15.0 Å². The lowest BCUT2D eigenvalue weighted by Gasteiger charge is -2.37. The van der Waals surface area contributed by atoms with Gasteiger partial charge in [-0.3, -0.25) is 13.5 Å². The number of fused-ring (bicyclic) bond motifs is 1. The summed E-state index contributed by atoms with van der Waals surface area (Å²) in [7, 11) is -3.21. The normalized spacial score (nSPS) is 19.7. The minimum atomic E-state index is -6.31. The second-order valence-corrected chi connectivity index (χ2v) is 13.3. The van der Waals surface area contributed by atoms with Crippen LogP contribution < -0.4 is 4.90 Å². The summed E-state index contributed by atoms with van der Waals surface area (Å²) < 4.78 is 105. The van der Waals surface area contributed by atoms with E-state index >= 15 is 0 Å². The molecule has 268 valence electrons. The first kappa shape index (κ1) is 35.8. The van der Waals surface area contributed by atoms with Gasteiger partial charge in [0.15, 0.2) is 35.4 Å². The highest BCUT2D eigenvalue weighted by Crippen LogP contribution is 2.44. The number of carbonyl (C=O) groups is 1. The number of benzene rings is 3. The zero-order chi connectivity index (χ0) is 36.6. The molecule has 0 radical (unpaired) electrons. The molecule has 17 heteroatoms. The van der Waals surface area contributed by atoms with Crippen LogP contribution in [0.5, 0.6) is 0 Å². The van der Waals surface area contributed by atoms with E-state index in [-0.39, 0.29) is 17.0 Å². The maximum atomic E-state index is 14.7. The number of aromatic nitrogens is 4. The van der Waals surface area contributed by atoms with Crippen LogP contribution in [0.2, 0.25) is 0 Å². The van der Waals surface area contributed by atoms with E-state index in [0.717, 1.165) is 17.8 Å². The summed E-state index contributed by atoms with van der Waals surface area (Å²) in [5.74, 6) is -0.962. The van der Waals surface area contributed by atoms with Crippen LogP contribution in [0, 0.1) is 6.08 Å². The van der Waals surface area contributed by atoms with Gasteiger partial charge >= 0.3 is 27.7 Å². The van der Waals surface area contributed by atoms with Gasteiger partial charge in [0.05, 0.1) is 12.9 Å². The fourth-order valence-electron chi connectivity index (χ4n) is 6.05. The predicted octanol–water partition coefficient (Wildman–Crippen LogP) is 5.10. The van der Waals surface area contributed by atoms with Gasteiger partial charge in [-0.15, -0.1) is 0 Å². The number of ether oxygens (including phenoxy) is 3. The predicted molar refractivity (Wildman–Crippen MR) is 174 cm³/mol. The van der Waals surface area contributed by atoms with Crippen molar-refractivity contribution in [1.82, 2.24) is 19.5 Å². The van der Waals surface area contributed by atoms with Crippen LogP contribution in [0.4, 0.5) is 23.4 Å². The molecule has 1 aliphatic heterocycles. The molecular weight excluding hydrogens is 698 g/mol. The second-order valence-electron chi connectivity index (χ2n) is 11.7. The van der Waals surface area contributed by atoms with E-state index in [4.69, 9.17) is 18.4 Å². The first-order valence-corrected chi connectivity index (χ1v) is 16.8. The van der Waals surface area contributed by atoms with Crippen molar-refractivity contribution in [3.8, 4) is 0 Å². The lowest BCUT2D eigenvalue weighted by atomic mass is 9.80. The quantitative estimate of drug-likeness (QED) is 0.0449. The lowest BCUT2D eigenvalue weighted by Crippen LogP contribution is -2.44. The number of rotatable bonds is 11. The van der Waals surface area contributed by atoms with Crippen LogP contribution in [0.1, 0.15) is 29.8 Å². The van der Waals surface area contributed by atoms with Crippen molar-refractivity contribution in [1.29, 1.82) is 0 Å². The summed E-state index contributed by atoms with van der Waals surface area (Å²) in [4.78, 5) is 25.6. The number of halogens is 4. The van der Waals surface area contributed by atoms with Crippen LogP contribution in [0.25, 0.3) is 11.2 Å². The van der Waals surface area contributed by atoms with Gasteiger partial charge in [-0.1, -0.05) is 91.0 Å². The zero-order valence-electron chi connectivity index (χ0n) is 27.3. The highest BCUT2D eigenvalue weighted by Gasteiger charge is 2.57. The average molecular weight is 730 g/mol. The van der Waals surface area contributed by atoms with E-state index in [1.807, 2.05) is 91.0 Å². The molecule has 1 saturated heterocycles. The molecule has 0 bridgehead atoms. The summed E-state index contributed by atoms with van der Waals surface area (Å²) in [5.41, 5.74) is -5.47. The Labute approximate surface area is 289 Å². The van der Waals surface area contributed by atoms with Gasteiger partial charge < -0.3 is 19.1 Å². The molecule has 3 heterocycles. The first-order chi connectivity index (χ1) is 24.2. The van der Waals surface area contributed by atoms with Crippen molar-refractivity contribution in [3.63, 3.8) is 0 Å². The molecule has 6 rings (SSSR count). The molecule has 12 nitrogen and oxygen atoms in total. The molecule has 3 aromatic carbocycles. The van der Waals surface area contributed by atoms with Gasteiger partial charge in [-0.2, -0.15) is 35.9 Å². The van der Waals surface area contributed by atoms with Gasteiger partial charge in [-0.05, 0) is 16.7 Å². The summed E-state index contributed by atoms with van der Waals surface area (Å²) >= 11 is 0. The number of hydrogen-bond acceptors (Lipinski definition) is 11. The van der Waals surface area contributed by atoms with Crippen molar-refractivity contribution in [2.45, 2.75) is 42.6 Å². The Hall–Kier alpha value is -4.97. The number of alkyl halides is 3. The summed E-state index contributed by atoms with van der Waals surface area (Å²) in [6, 6.07) is 27.3. The molecule has 0 amide bonds. The second kappa shape index (κ2) is 14.0. The molecule has 5 aromatic rings. The number of carbonyl (C=O) groups excluding carboxylic acids is 1. The maximum absolute atomic E-state index is 14.7. The van der Waals surface area contributed by atoms with Crippen molar-refractivity contribution in [2.75, 3.05) is 25.6 Å². The molecule has 51 heavy (non-hydrogen) atoms. The van der Waals surface area contributed by atoms with Gasteiger partial charge in [0.2, 0.25) is 0 Å². The maximum Gasteiger partial charge on any atom is 0.523 e. The van der Waals surface area contributed by atoms with Crippen molar-refractivity contribution >= 4 is 33.1 Å². The average Bonchev–Trinajstić information content (AvgIpc) is 3.65. The van der Waals surface area contributed by atoms with Crippen LogP contribution in [-0.4, -0.2) is 78.4 Å². The standard InChI is InChI=1S/C34H31F4N5O7S/c1-21(44)48-27-25(19-47-33(22-13-7-4-8-14-22,23-15-9-5-10-16-23)24-17-11-6-12-18-24)49-31(28(27)50-51(45,46)34(36,37)38)43-20-39-26-29(42(2)3)40-32(35)41-30(26)43/h4-18,20,25,27-28,31H,19H2,1-3H3/t25-,27-,28-,31-/m1/s1. The highest BCUT2D eigenvalue weighted by molar-refractivity contribution is 7.87. The Morgan fingerprint density at radius 2 is 1.41 bits per heavy atom. The van der Waals surface area contributed by atoms with Crippen LogP contribution in [0.3, 0.4) is 0 Å². The highest BCUT2D eigenvalue weighted by atomic mass is 32.2. The van der Waals surface area contributed by atoms with Gasteiger partial charge in [0.25, 0.3) is 0 Å². The minimum Gasteiger partial charge on any atom is -0.457 e. The molecule has 0 unspecified atom stereocenters. The smallest absolute Gasteiger partial charge is 0.457 e. The summed E-state index contributed by atoms with van der Waals surface area (Å²) in [5, 5.41) is 0. The third-order valence-electron chi connectivity index (χ3n) is 8.19. The molecule has 1 aliphatic rings. The molecule has 0 saturated carbocycles. The van der Waals surface area contributed by atoms with E-state index in [0.29, 0.717) is 16.7 Å². The van der Waals surface area contributed by atoms with Crippen molar-refractivity contribution in [2.24, 2.45) is 0 Å². The Morgan fingerprint density at radius 3 is 1.88 bits per heavy atom. The topological polar surface area (TPSA) is 135 Å². The SMILES string of the molecule is CC(=O)O[C@H]1[C@@H](OS(=O)(=O)C(F)(F)F)[C@H](n2cnc3c(N(C)C)nc(F)nc32)O[C@@H]1COC(c1ccccc1)(c1ccccc1)c1ccccc1. The van der Waals surface area contributed by atoms with Crippen LogP contribution in [-0.2, 0) is 38.9 Å². The fourth-order valence-corrected chi connectivity index (χ4v) is 6.66. The summed E-state index contributed by atoms with van der Waals surface area (Å²) in [6.45, 7) is 0.499. The molecule has 0 aliphatic carbocycles. The Kier molecular flexibility index (Phi) is 9.82. The van der Waals surface area contributed by atoms with Gasteiger partial charge in [0.1, 0.15) is 11.7 Å². The van der Waals surface area contributed by atoms with Crippen LogP contribution >= 0.6 is 0 Å². The van der Waals surface area contributed by atoms with Crippen molar-refractivity contribution in [3.05, 3.63) is 120 Å². The molecule has 0 N–H and O–H groups in total. The molecule has 0 spiro atoms. The molecule has 1 fully saturated rings. The van der Waals surface area contributed by atoms with E-state index in [1.54, 1.807) is 14.1 Å². The Morgan fingerprint density at radius 1 is 0.882 bits per heavy atom. The first-order valence-electron chi connectivity index (χ1n) is 15.4. The number of anilines is 1. The minimum absolute atomic E-state index is 0.0161. The van der Waals surface area contributed by atoms with Gasteiger partial charge in [0, 0.05) is 21.0 Å². The third-order valence-corrected chi connectivity index (χ3v) is 9.23. The Bertz CT molecular complexity index is 2010. The molecule has 2 aromatic heterocycles. The number of imidazole rings is 1. The van der Waals surface area contributed by atoms with E-state index < -0.39 is 64.4 Å².